The maximum absolute atomic E-state index is 6.04. The highest BCUT2D eigenvalue weighted by Gasteiger charge is 2.18. The Balaban J connectivity index is 1.45. The van der Waals surface area contributed by atoms with E-state index in [1.165, 1.54) is 16.7 Å². The van der Waals surface area contributed by atoms with Crippen molar-refractivity contribution >= 4 is 5.96 Å². The van der Waals surface area contributed by atoms with Crippen molar-refractivity contribution in [3.05, 3.63) is 65.2 Å². The average molecular weight is 439 g/mol. The first kappa shape index (κ1) is 24.1. The van der Waals surface area contributed by atoms with Crippen LogP contribution in [0.2, 0.25) is 0 Å². The molecule has 0 atom stereocenters. The summed E-state index contributed by atoms with van der Waals surface area (Å²) in [5.74, 6) is 1.78. The molecule has 174 valence electrons. The fraction of sp³-hybridized carbons (Fsp3) is 0.500. The molecule has 0 radical (unpaired) electrons. The number of nitrogens with one attached hydrogen (secondary N) is 1. The molecule has 0 aromatic heterocycles. The van der Waals surface area contributed by atoms with Gasteiger partial charge in [-0.25, -0.2) is 0 Å². The zero-order chi connectivity index (χ0) is 22.8. The maximum Gasteiger partial charge on any atom is 0.193 e. The van der Waals surface area contributed by atoms with Crippen LogP contribution >= 0.6 is 0 Å². The molecule has 1 fully saturated rings. The third-order valence-corrected chi connectivity index (χ3v) is 5.99. The summed E-state index contributed by atoms with van der Waals surface area (Å²) in [5, 5.41) is 3.46. The quantitative estimate of drug-likeness (QED) is 0.478. The average Bonchev–Trinajstić information content (AvgIpc) is 2.82. The van der Waals surface area contributed by atoms with Gasteiger partial charge in [0.05, 0.1) is 0 Å². The summed E-state index contributed by atoms with van der Waals surface area (Å²) in [5.41, 5.74) is 3.71. The SMILES string of the molecule is CN=C(NCc1cccc(OCCN(C)C2CCOCC2)c1)N(C)Cc1ccc(C)cc1. The molecule has 1 aliphatic rings. The van der Waals surface area contributed by atoms with Crippen LogP contribution in [0.3, 0.4) is 0 Å². The summed E-state index contributed by atoms with van der Waals surface area (Å²) >= 11 is 0. The van der Waals surface area contributed by atoms with Crippen LogP contribution in [0.1, 0.15) is 29.5 Å². The molecule has 1 N–H and O–H groups in total. The molecule has 0 saturated carbocycles. The van der Waals surface area contributed by atoms with Crippen molar-refractivity contribution in [3.63, 3.8) is 0 Å². The Morgan fingerprint density at radius 3 is 2.56 bits per heavy atom. The van der Waals surface area contributed by atoms with Gasteiger partial charge in [0.1, 0.15) is 12.4 Å². The van der Waals surface area contributed by atoms with Crippen molar-refractivity contribution in [2.45, 2.75) is 38.9 Å². The van der Waals surface area contributed by atoms with Crippen LogP contribution in [0, 0.1) is 6.92 Å². The predicted octanol–water partition coefficient (Wildman–Crippen LogP) is 3.69. The van der Waals surface area contributed by atoms with Gasteiger partial charge >= 0.3 is 0 Å². The fourth-order valence-corrected chi connectivity index (χ4v) is 3.97. The molecule has 6 nitrogen and oxygen atoms in total. The zero-order valence-electron chi connectivity index (χ0n) is 20.0. The number of nitrogens with zero attached hydrogens (tertiary/aromatic N) is 3. The van der Waals surface area contributed by atoms with Gasteiger partial charge in [-0.2, -0.15) is 0 Å². The van der Waals surface area contributed by atoms with Gasteiger partial charge in [0, 0.05) is 53.0 Å². The zero-order valence-corrected chi connectivity index (χ0v) is 20.0. The molecule has 32 heavy (non-hydrogen) atoms. The number of aliphatic imine (C=N–C) groups is 1. The highest BCUT2D eigenvalue weighted by Crippen LogP contribution is 2.15. The third-order valence-electron chi connectivity index (χ3n) is 5.99. The minimum atomic E-state index is 0.603. The molecule has 1 saturated heterocycles. The summed E-state index contributed by atoms with van der Waals surface area (Å²) < 4.78 is 11.5. The maximum atomic E-state index is 6.04. The van der Waals surface area contributed by atoms with E-state index in [1.54, 1.807) is 0 Å². The monoisotopic (exact) mass is 438 g/mol. The van der Waals surface area contributed by atoms with Gasteiger partial charge in [0.2, 0.25) is 0 Å². The van der Waals surface area contributed by atoms with Crippen LogP contribution in [0.5, 0.6) is 5.75 Å². The first-order valence-corrected chi connectivity index (χ1v) is 11.5. The number of rotatable bonds is 9. The van der Waals surface area contributed by atoms with E-state index in [1.807, 2.05) is 19.2 Å². The Labute approximate surface area is 193 Å². The lowest BCUT2D eigenvalue weighted by molar-refractivity contribution is 0.0392. The lowest BCUT2D eigenvalue weighted by Gasteiger charge is -2.31. The number of guanidine groups is 1. The van der Waals surface area contributed by atoms with Gasteiger partial charge in [-0.3, -0.25) is 9.89 Å². The molecular formula is C26H38N4O2. The minimum Gasteiger partial charge on any atom is -0.492 e. The molecule has 3 rings (SSSR count). The first-order valence-electron chi connectivity index (χ1n) is 11.5. The Hall–Kier alpha value is -2.57. The largest absolute Gasteiger partial charge is 0.492 e. The number of aryl methyl sites for hydroxylation is 1. The van der Waals surface area contributed by atoms with Crippen LogP contribution in [0.4, 0.5) is 0 Å². The van der Waals surface area contributed by atoms with Gasteiger partial charge in [-0.1, -0.05) is 42.0 Å². The summed E-state index contributed by atoms with van der Waals surface area (Å²) in [6.07, 6.45) is 2.22. The van der Waals surface area contributed by atoms with E-state index in [0.29, 0.717) is 19.2 Å². The number of benzene rings is 2. The Morgan fingerprint density at radius 1 is 1.09 bits per heavy atom. The van der Waals surface area contributed by atoms with E-state index in [9.17, 15) is 0 Å². The molecule has 1 heterocycles. The van der Waals surface area contributed by atoms with Crippen LogP contribution in [-0.4, -0.2) is 69.3 Å². The van der Waals surface area contributed by atoms with Gasteiger partial charge in [0.15, 0.2) is 5.96 Å². The second-order valence-electron chi connectivity index (χ2n) is 8.56. The number of likely N-dealkylation sites (N-methyl/N-ethyl adjacent to an activating group) is 1. The van der Waals surface area contributed by atoms with Crippen molar-refractivity contribution in [1.82, 2.24) is 15.1 Å². The number of hydrogen-bond donors (Lipinski definition) is 1. The lowest BCUT2D eigenvalue weighted by Crippen LogP contribution is -2.38. The van der Waals surface area contributed by atoms with E-state index in [-0.39, 0.29) is 0 Å². The van der Waals surface area contributed by atoms with E-state index in [2.05, 4.69) is 77.5 Å². The topological polar surface area (TPSA) is 49.3 Å². The Bertz CT molecular complexity index is 847. The molecule has 0 amide bonds. The van der Waals surface area contributed by atoms with E-state index in [4.69, 9.17) is 9.47 Å². The second-order valence-corrected chi connectivity index (χ2v) is 8.56. The molecule has 1 aliphatic heterocycles. The van der Waals surface area contributed by atoms with Crippen molar-refractivity contribution < 1.29 is 9.47 Å². The lowest BCUT2D eigenvalue weighted by atomic mass is 10.1. The van der Waals surface area contributed by atoms with Crippen molar-refractivity contribution in [3.8, 4) is 5.75 Å². The van der Waals surface area contributed by atoms with Gasteiger partial charge in [-0.05, 0) is 50.1 Å². The van der Waals surface area contributed by atoms with Gasteiger partial charge in [-0.15, -0.1) is 0 Å². The molecule has 2 aromatic carbocycles. The Morgan fingerprint density at radius 2 is 1.84 bits per heavy atom. The van der Waals surface area contributed by atoms with Crippen molar-refractivity contribution in [1.29, 1.82) is 0 Å². The molecule has 0 bridgehead atoms. The summed E-state index contributed by atoms with van der Waals surface area (Å²) in [6.45, 7) is 6.96. The van der Waals surface area contributed by atoms with Crippen molar-refractivity contribution in [2.24, 2.45) is 4.99 Å². The summed E-state index contributed by atoms with van der Waals surface area (Å²) in [7, 11) is 6.06. The number of hydrogen-bond acceptors (Lipinski definition) is 4. The van der Waals surface area contributed by atoms with Crippen molar-refractivity contribution in [2.75, 3.05) is 47.5 Å². The van der Waals surface area contributed by atoms with Gasteiger partial charge in [0.25, 0.3) is 0 Å². The standard InChI is InChI=1S/C26H38N4O2/c1-21-8-10-22(11-9-21)20-30(4)26(27-2)28-19-23-6-5-7-25(18-23)32-17-14-29(3)24-12-15-31-16-13-24/h5-11,18,24H,12-17,19-20H2,1-4H3,(H,27,28). The third kappa shape index (κ3) is 7.53. The number of ether oxygens (including phenoxy) is 2. The van der Waals surface area contributed by atoms with Crippen LogP contribution in [-0.2, 0) is 17.8 Å². The summed E-state index contributed by atoms with van der Waals surface area (Å²) in [6, 6.07) is 17.5. The van der Waals surface area contributed by atoms with E-state index in [0.717, 1.165) is 50.9 Å². The predicted molar refractivity (Wildman–Crippen MR) is 131 cm³/mol. The highest BCUT2D eigenvalue weighted by molar-refractivity contribution is 5.79. The fourth-order valence-electron chi connectivity index (χ4n) is 3.97. The van der Waals surface area contributed by atoms with Crippen LogP contribution < -0.4 is 10.1 Å². The molecule has 0 spiro atoms. The molecule has 0 aliphatic carbocycles. The van der Waals surface area contributed by atoms with Gasteiger partial charge < -0.3 is 19.7 Å². The highest BCUT2D eigenvalue weighted by atomic mass is 16.5. The molecule has 0 unspecified atom stereocenters. The molecular weight excluding hydrogens is 400 g/mol. The van der Waals surface area contributed by atoms with Crippen LogP contribution in [0.15, 0.2) is 53.5 Å². The van der Waals surface area contributed by atoms with E-state index >= 15 is 0 Å². The summed E-state index contributed by atoms with van der Waals surface area (Å²) in [4.78, 5) is 8.97. The van der Waals surface area contributed by atoms with Crippen LogP contribution in [0.25, 0.3) is 0 Å². The molecule has 2 aromatic rings. The Kier molecular flexibility index (Phi) is 9.38. The second kappa shape index (κ2) is 12.5. The smallest absolute Gasteiger partial charge is 0.193 e. The normalized spacial score (nSPS) is 15.1. The molecule has 6 heteroatoms. The minimum absolute atomic E-state index is 0.603. The van der Waals surface area contributed by atoms with E-state index < -0.39 is 0 Å². The first-order chi connectivity index (χ1) is 15.5.